The van der Waals surface area contributed by atoms with Gasteiger partial charge in [0, 0.05) is 19.1 Å². The number of nitrogens with zero attached hydrogens (tertiary/aromatic N) is 2. The van der Waals surface area contributed by atoms with Crippen LogP contribution >= 0.6 is 0 Å². The monoisotopic (exact) mass is 288 g/mol. The molecule has 1 fully saturated rings. The van der Waals surface area contributed by atoms with E-state index in [9.17, 15) is 13.2 Å². The summed E-state index contributed by atoms with van der Waals surface area (Å²) in [6.45, 7) is 6.43. The molecule has 1 saturated heterocycles. The molecule has 6 heteroatoms. The SMILES string of the molecule is C=CCN(CC(=O)N1CCCCC1CC)S(C)(=O)=O. The van der Waals surface area contributed by atoms with Crippen molar-refractivity contribution in [2.75, 3.05) is 25.9 Å². The number of amides is 1. The molecule has 0 radical (unpaired) electrons. The molecule has 0 aliphatic carbocycles. The minimum Gasteiger partial charge on any atom is -0.339 e. The Bertz CT molecular complexity index is 420. The molecule has 1 amide bonds. The van der Waals surface area contributed by atoms with Crippen LogP contribution in [0.3, 0.4) is 0 Å². The van der Waals surface area contributed by atoms with Crippen LogP contribution in [0.4, 0.5) is 0 Å². The van der Waals surface area contributed by atoms with Crippen molar-refractivity contribution in [3.05, 3.63) is 12.7 Å². The third-order valence-electron chi connectivity index (χ3n) is 3.53. The topological polar surface area (TPSA) is 57.7 Å². The molecule has 110 valence electrons. The summed E-state index contributed by atoms with van der Waals surface area (Å²) in [6, 6.07) is 0.256. The Balaban J connectivity index is 2.73. The minimum absolute atomic E-state index is 0.0820. The molecule has 1 unspecified atom stereocenters. The summed E-state index contributed by atoms with van der Waals surface area (Å²) in [7, 11) is -3.37. The first-order valence-electron chi connectivity index (χ1n) is 6.75. The van der Waals surface area contributed by atoms with E-state index in [2.05, 4.69) is 13.5 Å². The molecule has 0 N–H and O–H groups in total. The van der Waals surface area contributed by atoms with Gasteiger partial charge in [0.2, 0.25) is 15.9 Å². The van der Waals surface area contributed by atoms with Crippen molar-refractivity contribution >= 4 is 15.9 Å². The second kappa shape index (κ2) is 7.05. The molecule has 0 aromatic carbocycles. The predicted octanol–water partition coefficient (Wildman–Crippen LogP) is 1.23. The highest BCUT2D eigenvalue weighted by molar-refractivity contribution is 7.88. The Labute approximate surface area is 116 Å². The number of carbonyl (C=O) groups is 1. The van der Waals surface area contributed by atoms with Crippen LogP contribution in [0.5, 0.6) is 0 Å². The lowest BCUT2D eigenvalue weighted by molar-refractivity contribution is -0.135. The van der Waals surface area contributed by atoms with Crippen molar-refractivity contribution in [1.82, 2.24) is 9.21 Å². The maximum absolute atomic E-state index is 12.3. The normalized spacial score (nSPS) is 20.6. The van der Waals surface area contributed by atoms with Crippen molar-refractivity contribution in [2.24, 2.45) is 0 Å². The van der Waals surface area contributed by atoms with Gasteiger partial charge in [-0.1, -0.05) is 13.0 Å². The van der Waals surface area contributed by atoms with Gasteiger partial charge in [0.25, 0.3) is 0 Å². The van der Waals surface area contributed by atoms with Gasteiger partial charge < -0.3 is 4.90 Å². The molecular weight excluding hydrogens is 264 g/mol. The second-order valence-electron chi connectivity index (χ2n) is 4.99. The van der Waals surface area contributed by atoms with Gasteiger partial charge in [0.1, 0.15) is 0 Å². The number of piperidine rings is 1. The Morgan fingerprint density at radius 3 is 2.68 bits per heavy atom. The Morgan fingerprint density at radius 1 is 1.47 bits per heavy atom. The quantitative estimate of drug-likeness (QED) is 0.691. The number of likely N-dealkylation sites (tertiary alicyclic amines) is 1. The minimum atomic E-state index is -3.37. The zero-order valence-corrected chi connectivity index (χ0v) is 12.7. The fourth-order valence-electron chi connectivity index (χ4n) is 2.46. The van der Waals surface area contributed by atoms with Crippen LogP contribution in [-0.4, -0.2) is 55.5 Å². The van der Waals surface area contributed by atoms with Gasteiger partial charge in [-0.15, -0.1) is 6.58 Å². The van der Waals surface area contributed by atoms with Crippen molar-refractivity contribution in [3.8, 4) is 0 Å². The summed E-state index contributed by atoms with van der Waals surface area (Å²) >= 11 is 0. The molecule has 5 nitrogen and oxygen atoms in total. The van der Waals surface area contributed by atoms with Gasteiger partial charge in [-0.05, 0) is 25.7 Å². The second-order valence-corrected chi connectivity index (χ2v) is 6.97. The first kappa shape index (κ1) is 16.2. The average Bonchev–Trinajstić information content (AvgIpc) is 2.37. The molecule has 1 atom stereocenters. The van der Waals surface area contributed by atoms with Crippen LogP contribution in [0, 0.1) is 0 Å². The number of rotatable bonds is 6. The van der Waals surface area contributed by atoms with Crippen LogP contribution in [0.25, 0.3) is 0 Å². The number of hydrogen-bond donors (Lipinski definition) is 0. The summed E-state index contributed by atoms with van der Waals surface area (Å²) in [5, 5.41) is 0. The lowest BCUT2D eigenvalue weighted by Crippen LogP contribution is -2.48. The summed E-state index contributed by atoms with van der Waals surface area (Å²) in [6.07, 6.45) is 6.71. The van der Waals surface area contributed by atoms with Crippen LogP contribution in [0.2, 0.25) is 0 Å². The van der Waals surface area contributed by atoms with Gasteiger partial charge in [-0.2, -0.15) is 4.31 Å². The van der Waals surface area contributed by atoms with Crippen molar-refractivity contribution < 1.29 is 13.2 Å². The number of hydrogen-bond acceptors (Lipinski definition) is 3. The smallest absolute Gasteiger partial charge is 0.238 e. The van der Waals surface area contributed by atoms with Gasteiger partial charge in [-0.25, -0.2) is 8.42 Å². The van der Waals surface area contributed by atoms with Crippen LogP contribution in [0.15, 0.2) is 12.7 Å². The van der Waals surface area contributed by atoms with E-state index in [-0.39, 0.29) is 25.0 Å². The van der Waals surface area contributed by atoms with Gasteiger partial charge in [0.15, 0.2) is 0 Å². The van der Waals surface area contributed by atoms with E-state index in [1.165, 1.54) is 10.4 Å². The van der Waals surface area contributed by atoms with Crippen LogP contribution in [0.1, 0.15) is 32.6 Å². The Kier molecular flexibility index (Phi) is 6.00. The molecule has 1 heterocycles. The fraction of sp³-hybridized carbons (Fsp3) is 0.769. The lowest BCUT2D eigenvalue weighted by atomic mass is 10.00. The van der Waals surface area contributed by atoms with Crippen molar-refractivity contribution in [3.63, 3.8) is 0 Å². The zero-order valence-electron chi connectivity index (χ0n) is 11.8. The van der Waals surface area contributed by atoms with E-state index in [1.54, 1.807) is 0 Å². The van der Waals surface area contributed by atoms with Gasteiger partial charge in [0.05, 0.1) is 12.8 Å². The van der Waals surface area contributed by atoms with E-state index in [0.717, 1.165) is 38.5 Å². The first-order chi connectivity index (χ1) is 8.90. The molecule has 0 aromatic rings. The molecule has 0 spiro atoms. The lowest BCUT2D eigenvalue weighted by Gasteiger charge is -2.36. The third-order valence-corrected chi connectivity index (χ3v) is 4.75. The summed E-state index contributed by atoms with van der Waals surface area (Å²) in [5.74, 6) is -0.0983. The molecule has 1 aliphatic rings. The molecule has 0 saturated carbocycles. The Morgan fingerprint density at radius 2 is 2.16 bits per heavy atom. The largest absolute Gasteiger partial charge is 0.339 e. The highest BCUT2D eigenvalue weighted by Gasteiger charge is 2.28. The van der Waals surface area contributed by atoms with Gasteiger partial charge >= 0.3 is 0 Å². The van der Waals surface area contributed by atoms with Crippen LogP contribution < -0.4 is 0 Å². The third kappa shape index (κ3) is 4.62. The van der Waals surface area contributed by atoms with E-state index >= 15 is 0 Å². The van der Waals surface area contributed by atoms with E-state index in [1.807, 2.05) is 4.90 Å². The highest BCUT2D eigenvalue weighted by Crippen LogP contribution is 2.19. The molecule has 1 rings (SSSR count). The van der Waals surface area contributed by atoms with Crippen molar-refractivity contribution in [1.29, 1.82) is 0 Å². The maximum atomic E-state index is 12.3. The molecule has 0 bridgehead atoms. The average molecular weight is 288 g/mol. The standard InChI is InChI=1S/C13H24N2O3S/c1-4-9-14(19(3,17)18)11-13(16)15-10-7-6-8-12(15)5-2/h4,12H,1,5-11H2,2-3H3. The molecule has 0 aromatic heterocycles. The number of sulfonamides is 1. The van der Waals surface area contributed by atoms with Crippen molar-refractivity contribution in [2.45, 2.75) is 38.6 Å². The predicted molar refractivity (Wildman–Crippen MR) is 76.3 cm³/mol. The summed E-state index contributed by atoms with van der Waals surface area (Å²) in [4.78, 5) is 14.1. The molecule has 19 heavy (non-hydrogen) atoms. The fourth-order valence-corrected chi connectivity index (χ4v) is 3.18. The highest BCUT2D eigenvalue weighted by atomic mass is 32.2. The number of carbonyl (C=O) groups excluding carboxylic acids is 1. The zero-order chi connectivity index (χ0) is 14.5. The van der Waals surface area contributed by atoms with E-state index < -0.39 is 10.0 Å². The molecular formula is C13H24N2O3S. The van der Waals surface area contributed by atoms with Gasteiger partial charge in [-0.3, -0.25) is 4.79 Å². The van der Waals surface area contributed by atoms with E-state index in [4.69, 9.17) is 0 Å². The molecule has 1 aliphatic heterocycles. The van der Waals surface area contributed by atoms with E-state index in [0.29, 0.717) is 0 Å². The summed E-state index contributed by atoms with van der Waals surface area (Å²) < 4.78 is 24.4. The summed E-state index contributed by atoms with van der Waals surface area (Å²) in [5.41, 5.74) is 0. The van der Waals surface area contributed by atoms with Crippen LogP contribution in [-0.2, 0) is 14.8 Å². The first-order valence-corrected chi connectivity index (χ1v) is 8.60. The maximum Gasteiger partial charge on any atom is 0.238 e. The Hall–Kier alpha value is -0.880.